The molecule has 88 valence electrons. The number of aliphatic hydroxyl groups is 1. The molecular weight excluding hydrogens is 215 g/mol. The first kappa shape index (κ1) is 12.4. The van der Waals surface area contributed by atoms with E-state index in [1.54, 1.807) is 6.92 Å². The molecule has 0 aromatic carbocycles. The molecule has 0 radical (unpaired) electrons. The molecule has 1 unspecified atom stereocenters. The molecule has 0 aliphatic carbocycles. The van der Waals surface area contributed by atoms with Crippen LogP contribution in [0.25, 0.3) is 0 Å². The van der Waals surface area contributed by atoms with Crippen molar-refractivity contribution in [2.24, 2.45) is 0 Å². The van der Waals surface area contributed by atoms with Gasteiger partial charge in [-0.3, -0.25) is 0 Å². The van der Waals surface area contributed by atoms with Crippen molar-refractivity contribution in [2.45, 2.75) is 19.4 Å². The Morgan fingerprint density at radius 3 is 2.94 bits per heavy atom. The maximum absolute atomic E-state index is 13.5. The zero-order valence-corrected chi connectivity index (χ0v) is 8.77. The molecule has 5 nitrogen and oxygen atoms in total. The van der Waals surface area contributed by atoms with Crippen molar-refractivity contribution in [3.05, 3.63) is 23.6 Å². The fourth-order valence-corrected chi connectivity index (χ4v) is 1.09. The Labute approximate surface area is 91.9 Å². The van der Waals surface area contributed by atoms with Gasteiger partial charge < -0.3 is 15.5 Å². The van der Waals surface area contributed by atoms with Gasteiger partial charge in [0.2, 0.25) is 0 Å². The molecule has 6 heteroatoms. The predicted molar refractivity (Wildman–Crippen MR) is 55.9 cm³/mol. The lowest BCUT2D eigenvalue weighted by molar-refractivity contribution is 0.0692. The number of carboxylic acids is 1. The van der Waals surface area contributed by atoms with E-state index < -0.39 is 23.5 Å². The minimum absolute atomic E-state index is 0.128. The minimum Gasteiger partial charge on any atom is -0.478 e. The first-order valence-corrected chi connectivity index (χ1v) is 4.86. The normalized spacial score (nSPS) is 12.2. The van der Waals surface area contributed by atoms with Gasteiger partial charge in [-0.05, 0) is 12.5 Å². The molecule has 1 atom stereocenters. The maximum atomic E-state index is 13.5. The number of carboxylic acid groups (broad SMARTS) is 1. The van der Waals surface area contributed by atoms with Gasteiger partial charge in [-0.15, -0.1) is 0 Å². The van der Waals surface area contributed by atoms with Crippen LogP contribution in [0, 0.1) is 5.82 Å². The first-order valence-electron chi connectivity index (χ1n) is 4.86. The zero-order valence-electron chi connectivity index (χ0n) is 8.77. The Hall–Kier alpha value is -1.69. The van der Waals surface area contributed by atoms with Crippen LogP contribution in [0.2, 0.25) is 0 Å². The summed E-state index contributed by atoms with van der Waals surface area (Å²) in [5.41, 5.74) is -0.441. The van der Waals surface area contributed by atoms with E-state index in [0.717, 1.165) is 6.07 Å². The van der Waals surface area contributed by atoms with Crippen molar-refractivity contribution < 1.29 is 19.4 Å². The highest BCUT2D eigenvalue weighted by atomic mass is 19.1. The number of anilines is 1. The zero-order chi connectivity index (χ0) is 12.1. The van der Waals surface area contributed by atoms with Crippen LogP contribution >= 0.6 is 0 Å². The van der Waals surface area contributed by atoms with Crippen LogP contribution in [-0.2, 0) is 0 Å². The molecule has 0 aliphatic rings. The second-order valence-corrected chi connectivity index (χ2v) is 3.27. The molecule has 0 spiro atoms. The highest BCUT2D eigenvalue weighted by molar-refractivity contribution is 5.88. The standard InChI is InChI=1S/C10H13FN2O3/c1-2-6(14)5-13-9-8(11)7(10(15)16)3-4-12-9/h3-4,6,14H,2,5H2,1H3,(H,12,13)(H,15,16). The van der Waals surface area contributed by atoms with E-state index in [1.807, 2.05) is 0 Å². The van der Waals surface area contributed by atoms with Gasteiger partial charge in [-0.1, -0.05) is 6.92 Å². The largest absolute Gasteiger partial charge is 0.478 e. The summed E-state index contributed by atoms with van der Waals surface area (Å²) >= 11 is 0. The van der Waals surface area contributed by atoms with Gasteiger partial charge in [-0.25, -0.2) is 14.2 Å². The second-order valence-electron chi connectivity index (χ2n) is 3.27. The molecule has 1 aromatic heterocycles. The van der Waals surface area contributed by atoms with E-state index in [2.05, 4.69) is 10.3 Å². The summed E-state index contributed by atoms with van der Waals surface area (Å²) in [6, 6.07) is 1.08. The Morgan fingerprint density at radius 1 is 1.69 bits per heavy atom. The number of aromatic nitrogens is 1. The van der Waals surface area contributed by atoms with Gasteiger partial charge in [0.1, 0.15) is 5.56 Å². The van der Waals surface area contributed by atoms with E-state index in [-0.39, 0.29) is 12.4 Å². The number of aromatic carboxylic acids is 1. The third-order valence-electron chi connectivity index (χ3n) is 2.10. The molecule has 0 bridgehead atoms. The van der Waals surface area contributed by atoms with Gasteiger partial charge in [0, 0.05) is 12.7 Å². The predicted octanol–water partition coefficient (Wildman–Crippen LogP) is 1.10. The SMILES string of the molecule is CCC(O)CNc1nccc(C(=O)O)c1F. The van der Waals surface area contributed by atoms with E-state index >= 15 is 0 Å². The van der Waals surface area contributed by atoms with Crippen LogP contribution in [0.5, 0.6) is 0 Å². The van der Waals surface area contributed by atoms with Crippen LogP contribution in [0.15, 0.2) is 12.3 Å². The highest BCUT2D eigenvalue weighted by Crippen LogP contribution is 2.14. The summed E-state index contributed by atoms with van der Waals surface area (Å²) in [7, 11) is 0. The number of hydrogen-bond acceptors (Lipinski definition) is 4. The highest BCUT2D eigenvalue weighted by Gasteiger charge is 2.15. The van der Waals surface area contributed by atoms with Crippen molar-refractivity contribution in [1.82, 2.24) is 4.98 Å². The fourth-order valence-electron chi connectivity index (χ4n) is 1.09. The van der Waals surface area contributed by atoms with Crippen molar-refractivity contribution in [1.29, 1.82) is 0 Å². The van der Waals surface area contributed by atoms with E-state index in [1.165, 1.54) is 6.20 Å². The number of pyridine rings is 1. The molecule has 3 N–H and O–H groups in total. The van der Waals surface area contributed by atoms with E-state index in [0.29, 0.717) is 6.42 Å². The summed E-state index contributed by atoms with van der Waals surface area (Å²) in [4.78, 5) is 14.3. The lowest BCUT2D eigenvalue weighted by Gasteiger charge is -2.11. The Morgan fingerprint density at radius 2 is 2.38 bits per heavy atom. The monoisotopic (exact) mass is 228 g/mol. The maximum Gasteiger partial charge on any atom is 0.338 e. The van der Waals surface area contributed by atoms with Crippen molar-refractivity contribution in [3.63, 3.8) is 0 Å². The number of nitrogens with zero attached hydrogens (tertiary/aromatic N) is 1. The average Bonchev–Trinajstić information content (AvgIpc) is 2.26. The molecule has 0 amide bonds. The van der Waals surface area contributed by atoms with Gasteiger partial charge in [-0.2, -0.15) is 0 Å². The van der Waals surface area contributed by atoms with Crippen LogP contribution < -0.4 is 5.32 Å². The third-order valence-corrected chi connectivity index (χ3v) is 2.10. The lowest BCUT2D eigenvalue weighted by Crippen LogP contribution is -2.20. The molecule has 0 aliphatic heterocycles. The molecule has 0 saturated carbocycles. The summed E-state index contributed by atoms with van der Waals surface area (Å²) in [5.74, 6) is -2.43. The van der Waals surface area contributed by atoms with Crippen molar-refractivity contribution >= 4 is 11.8 Å². The molecular formula is C10H13FN2O3. The van der Waals surface area contributed by atoms with Crippen LogP contribution in [0.3, 0.4) is 0 Å². The molecule has 1 heterocycles. The Kier molecular flexibility index (Phi) is 4.19. The van der Waals surface area contributed by atoms with Gasteiger partial charge in [0.05, 0.1) is 6.10 Å². The van der Waals surface area contributed by atoms with Gasteiger partial charge >= 0.3 is 5.97 Å². The number of carbonyl (C=O) groups is 1. The van der Waals surface area contributed by atoms with Crippen LogP contribution in [0.4, 0.5) is 10.2 Å². The van der Waals surface area contributed by atoms with Crippen LogP contribution in [0.1, 0.15) is 23.7 Å². The smallest absolute Gasteiger partial charge is 0.338 e. The Bertz CT molecular complexity index is 384. The van der Waals surface area contributed by atoms with Crippen molar-refractivity contribution in [3.8, 4) is 0 Å². The average molecular weight is 228 g/mol. The molecule has 0 saturated heterocycles. The summed E-state index contributed by atoms with van der Waals surface area (Å²) in [5, 5.41) is 20.5. The van der Waals surface area contributed by atoms with Gasteiger partial charge in [0.25, 0.3) is 0 Å². The first-order chi connectivity index (χ1) is 7.56. The second kappa shape index (κ2) is 5.41. The minimum atomic E-state index is -1.35. The lowest BCUT2D eigenvalue weighted by atomic mass is 10.2. The number of hydrogen-bond donors (Lipinski definition) is 3. The third kappa shape index (κ3) is 2.90. The number of halogens is 1. The molecule has 16 heavy (non-hydrogen) atoms. The number of nitrogens with one attached hydrogen (secondary N) is 1. The molecule has 0 fully saturated rings. The number of rotatable bonds is 5. The summed E-state index contributed by atoms with van der Waals surface area (Å²) in [6.07, 6.45) is 1.11. The number of aliphatic hydroxyl groups excluding tert-OH is 1. The van der Waals surface area contributed by atoms with Crippen LogP contribution in [-0.4, -0.2) is 33.8 Å². The fraction of sp³-hybridized carbons (Fsp3) is 0.400. The van der Waals surface area contributed by atoms with E-state index in [4.69, 9.17) is 5.11 Å². The molecule has 1 aromatic rings. The summed E-state index contributed by atoms with van der Waals surface area (Å²) in [6.45, 7) is 1.91. The molecule has 1 rings (SSSR count). The van der Waals surface area contributed by atoms with Crippen molar-refractivity contribution in [2.75, 3.05) is 11.9 Å². The van der Waals surface area contributed by atoms with Gasteiger partial charge in [0.15, 0.2) is 11.6 Å². The topological polar surface area (TPSA) is 82.5 Å². The van der Waals surface area contributed by atoms with E-state index in [9.17, 15) is 14.3 Å². The Balaban J connectivity index is 2.81. The summed E-state index contributed by atoms with van der Waals surface area (Å²) < 4.78 is 13.5. The quantitative estimate of drug-likeness (QED) is 0.703.